The molecule has 0 aromatic heterocycles. The summed E-state index contributed by atoms with van der Waals surface area (Å²) in [6, 6.07) is 1.37. The van der Waals surface area contributed by atoms with Gasteiger partial charge in [-0.2, -0.15) is 0 Å². The Kier molecular flexibility index (Phi) is 11.9. The number of carbonyl (C=O) groups is 1. The molecule has 0 aromatic carbocycles. The predicted molar refractivity (Wildman–Crippen MR) is 106 cm³/mol. The van der Waals surface area contributed by atoms with Gasteiger partial charge in [0.25, 0.3) is 0 Å². The van der Waals surface area contributed by atoms with E-state index in [1.807, 2.05) is 0 Å². The number of hydrogen-bond donors (Lipinski definition) is 2. The molecule has 0 aliphatic carbocycles. The molecule has 3 aliphatic rings. The minimum Gasteiger partial charge on any atom is -0.355 e. The Morgan fingerprint density at radius 1 is 1.04 bits per heavy atom. The maximum Gasteiger partial charge on any atom is 0.220 e. The van der Waals surface area contributed by atoms with Crippen molar-refractivity contribution in [3.8, 4) is 0 Å². The summed E-state index contributed by atoms with van der Waals surface area (Å²) in [5.74, 6) is 0.864. The van der Waals surface area contributed by atoms with E-state index >= 15 is 0 Å². The van der Waals surface area contributed by atoms with Crippen LogP contribution in [0.15, 0.2) is 0 Å². The SMILES string of the molecule is CN1CCN(CCNC(=O)CC2CC3CCC(C2)N3)CC1.Cl.Cl.Cl. The molecule has 0 aromatic rings. The summed E-state index contributed by atoms with van der Waals surface area (Å²) in [5, 5.41) is 6.76. The van der Waals surface area contributed by atoms with Gasteiger partial charge in [-0.15, -0.1) is 37.2 Å². The monoisotopic (exact) mass is 402 g/mol. The second-order valence-electron chi connectivity index (χ2n) is 7.17. The van der Waals surface area contributed by atoms with Crippen molar-refractivity contribution in [1.82, 2.24) is 20.4 Å². The van der Waals surface area contributed by atoms with Crippen molar-refractivity contribution in [1.29, 1.82) is 0 Å². The summed E-state index contributed by atoms with van der Waals surface area (Å²) >= 11 is 0. The third-order valence-electron chi connectivity index (χ3n) is 5.39. The van der Waals surface area contributed by atoms with Gasteiger partial charge in [0.1, 0.15) is 0 Å². The van der Waals surface area contributed by atoms with Gasteiger partial charge < -0.3 is 15.5 Å². The molecule has 0 radical (unpaired) electrons. The number of carbonyl (C=O) groups excluding carboxylic acids is 1. The Balaban J connectivity index is 0.00000176. The van der Waals surface area contributed by atoms with Crippen LogP contribution in [-0.4, -0.2) is 74.1 Å². The largest absolute Gasteiger partial charge is 0.355 e. The lowest BCUT2D eigenvalue weighted by molar-refractivity contribution is -0.122. The Hall–Kier alpha value is 0.220. The Bertz CT molecular complexity index is 355. The first-order valence-electron chi connectivity index (χ1n) is 8.62. The molecule has 3 saturated heterocycles. The van der Waals surface area contributed by atoms with Gasteiger partial charge in [0.05, 0.1) is 0 Å². The number of amides is 1. The van der Waals surface area contributed by atoms with E-state index in [9.17, 15) is 4.79 Å². The van der Waals surface area contributed by atoms with Crippen molar-refractivity contribution in [3.63, 3.8) is 0 Å². The lowest BCUT2D eigenvalue weighted by Crippen LogP contribution is -2.47. The average molecular weight is 404 g/mol. The van der Waals surface area contributed by atoms with Crippen LogP contribution in [-0.2, 0) is 4.79 Å². The minimum absolute atomic E-state index is 0. The molecule has 2 bridgehead atoms. The van der Waals surface area contributed by atoms with E-state index in [0.29, 0.717) is 18.0 Å². The maximum atomic E-state index is 12.1. The number of nitrogens with one attached hydrogen (secondary N) is 2. The maximum absolute atomic E-state index is 12.1. The van der Waals surface area contributed by atoms with Gasteiger partial charge in [-0.25, -0.2) is 0 Å². The number of hydrogen-bond acceptors (Lipinski definition) is 4. The van der Waals surface area contributed by atoms with Gasteiger partial charge in [0.15, 0.2) is 0 Å². The molecular formula is C16H33Cl3N4O. The number of rotatable bonds is 5. The second kappa shape index (κ2) is 11.8. The number of fused-ring (bicyclic) bond motifs is 2. The summed E-state index contributed by atoms with van der Waals surface area (Å²) in [7, 11) is 2.17. The third-order valence-corrected chi connectivity index (χ3v) is 5.39. The first-order chi connectivity index (χ1) is 10.2. The first kappa shape index (κ1) is 24.2. The number of nitrogens with zero attached hydrogens (tertiary/aromatic N) is 2. The summed E-state index contributed by atoms with van der Waals surface area (Å²) in [6.07, 6.45) is 5.75. The highest BCUT2D eigenvalue weighted by Crippen LogP contribution is 2.32. The normalized spacial score (nSPS) is 29.8. The standard InChI is InChI=1S/C16H30N4O.3ClH/c1-19-6-8-20(9-7-19)5-4-17-16(21)12-13-10-14-2-3-15(11-13)18-14;;;/h13-15,18H,2-12H2,1H3,(H,17,21);3*1H. The summed E-state index contributed by atoms with van der Waals surface area (Å²) < 4.78 is 0. The van der Waals surface area contributed by atoms with Gasteiger partial charge in [-0.3, -0.25) is 9.69 Å². The summed E-state index contributed by atoms with van der Waals surface area (Å²) in [6.45, 7) is 6.35. The van der Waals surface area contributed by atoms with Crippen molar-refractivity contribution in [2.45, 2.75) is 44.2 Å². The zero-order valence-electron chi connectivity index (χ0n) is 14.5. The van der Waals surface area contributed by atoms with E-state index in [2.05, 4.69) is 27.5 Å². The highest BCUT2D eigenvalue weighted by Gasteiger charge is 2.34. The Morgan fingerprint density at radius 3 is 2.21 bits per heavy atom. The average Bonchev–Trinajstić information content (AvgIpc) is 2.80. The molecule has 2 atom stereocenters. The van der Waals surface area contributed by atoms with Crippen LogP contribution in [0.25, 0.3) is 0 Å². The molecule has 3 rings (SSSR count). The molecule has 3 fully saturated rings. The quantitative estimate of drug-likeness (QED) is 0.731. The fourth-order valence-electron chi connectivity index (χ4n) is 4.10. The molecule has 3 heterocycles. The van der Waals surface area contributed by atoms with Crippen molar-refractivity contribution in [2.75, 3.05) is 46.3 Å². The van der Waals surface area contributed by atoms with E-state index in [1.165, 1.54) is 25.7 Å². The van der Waals surface area contributed by atoms with E-state index in [-0.39, 0.29) is 43.1 Å². The smallest absolute Gasteiger partial charge is 0.220 e. The number of likely N-dealkylation sites (N-methyl/N-ethyl adjacent to an activating group) is 1. The van der Waals surface area contributed by atoms with Crippen molar-refractivity contribution in [2.24, 2.45) is 5.92 Å². The van der Waals surface area contributed by atoms with Crippen molar-refractivity contribution >= 4 is 43.1 Å². The molecule has 144 valence electrons. The van der Waals surface area contributed by atoms with Crippen molar-refractivity contribution < 1.29 is 4.79 Å². The number of piperidine rings is 1. The molecule has 5 nitrogen and oxygen atoms in total. The molecule has 1 amide bonds. The highest BCUT2D eigenvalue weighted by molar-refractivity contribution is 5.86. The van der Waals surface area contributed by atoms with Crippen LogP contribution in [0.4, 0.5) is 0 Å². The zero-order valence-corrected chi connectivity index (χ0v) is 17.0. The minimum atomic E-state index is 0. The lowest BCUT2D eigenvalue weighted by Gasteiger charge is -2.32. The first-order valence-corrected chi connectivity index (χ1v) is 8.62. The van der Waals surface area contributed by atoms with Crippen LogP contribution in [0, 0.1) is 5.92 Å². The highest BCUT2D eigenvalue weighted by atomic mass is 35.5. The van der Waals surface area contributed by atoms with Gasteiger partial charge in [-0.1, -0.05) is 0 Å². The van der Waals surface area contributed by atoms with Crippen LogP contribution in [0.1, 0.15) is 32.1 Å². The van der Waals surface area contributed by atoms with Gasteiger partial charge in [0.2, 0.25) is 5.91 Å². The molecule has 24 heavy (non-hydrogen) atoms. The van der Waals surface area contributed by atoms with E-state index < -0.39 is 0 Å². The third kappa shape index (κ3) is 7.22. The van der Waals surface area contributed by atoms with E-state index in [4.69, 9.17) is 0 Å². The Labute approximate surface area is 164 Å². The van der Waals surface area contributed by atoms with Gasteiger partial charge in [0, 0.05) is 57.8 Å². The molecule has 2 unspecified atom stereocenters. The van der Waals surface area contributed by atoms with Gasteiger partial charge >= 0.3 is 0 Å². The molecule has 3 aliphatic heterocycles. The fourth-order valence-corrected chi connectivity index (χ4v) is 4.10. The number of halogens is 3. The lowest BCUT2D eigenvalue weighted by atomic mass is 9.89. The predicted octanol–water partition coefficient (Wildman–Crippen LogP) is 1.54. The van der Waals surface area contributed by atoms with Crippen molar-refractivity contribution in [3.05, 3.63) is 0 Å². The Morgan fingerprint density at radius 2 is 1.62 bits per heavy atom. The van der Waals surface area contributed by atoms with E-state index in [1.54, 1.807) is 0 Å². The molecule has 2 N–H and O–H groups in total. The molecule has 0 saturated carbocycles. The fraction of sp³-hybridized carbons (Fsp3) is 0.938. The zero-order chi connectivity index (χ0) is 14.7. The molecular weight excluding hydrogens is 371 g/mol. The van der Waals surface area contributed by atoms with Crippen LogP contribution < -0.4 is 10.6 Å². The molecule has 0 spiro atoms. The van der Waals surface area contributed by atoms with Crippen LogP contribution >= 0.6 is 37.2 Å². The molecule has 8 heteroatoms. The van der Waals surface area contributed by atoms with Crippen LogP contribution in [0.2, 0.25) is 0 Å². The topological polar surface area (TPSA) is 47.6 Å². The van der Waals surface area contributed by atoms with Gasteiger partial charge in [-0.05, 0) is 38.6 Å². The number of piperazine rings is 1. The second-order valence-corrected chi connectivity index (χ2v) is 7.17. The van der Waals surface area contributed by atoms with E-state index in [0.717, 1.165) is 45.7 Å². The summed E-state index contributed by atoms with van der Waals surface area (Å²) in [4.78, 5) is 16.9. The van der Waals surface area contributed by atoms with Crippen LogP contribution in [0.3, 0.4) is 0 Å². The summed E-state index contributed by atoms with van der Waals surface area (Å²) in [5.41, 5.74) is 0. The van der Waals surface area contributed by atoms with Crippen LogP contribution in [0.5, 0.6) is 0 Å².